The van der Waals surface area contributed by atoms with Crippen LogP contribution in [0.4, 0.5) is 19.5 Å². The van der Waals surface area contributed by atoms with E-state index in [4.69, 9.17) is 5.26 Å². The van der Waals surface area contributed by atoms with Gasteiger partial charge in [0.05, 0.1) is 36.2 Å². The number of nitrogens with zero attached hydrogens (tertiary/aromatic N) is 8. The van der Waals surface area contributed by atoms with Crippen molar-refractivity contribution in [2.24, 2.45) is 5.10 Å². The van der Waals surface area contributed by atoms with Crippen molar-refractivity contribution in [3.8, 4) is 17.3 Å². The molecule has 1 saturated heterocycles. The van der Waals surface area contributed by atoms with Gasteiger partial charge in [-0.05, 0) is 30.7 Å². The number of carbonyl (C=O) groups excluding carboxylic acids is 1. The normalized spacial score (nSPS) is 17.4. The maximum absolute atomic E-state index is 14.6. The lowest BCUT2D eigenvalue weighted by Gasteiger charge is -2.37. The number of aromatic nitrogens is 4. The highest BCUT2D eigenvalue weighted by Gasteiger charge is 2.34. The van der Waals surface area contributed by atoms with Gasteiger partial charge >= 0.3 is 6.03 Å². The topological polar surface area (TPSA) is 138 Å². The summed E-state index contributed by atoms with van der Waals surface area (Å²) in [5.41, 5.74) is 1.98. The molecule has 2 N–H and O–H groups in total. The van der Waals surface area contributed by atoms with Crippen LogP contribution in [-0.4, -0.2) is 73.6 Å². The molecule has 1 atom stereocenters. The van der Waals surface area contributed by atoms with Crippen molar-refractivity contribution in [1.82, 2.24) is 30.1 Å². The molecule has 2 aliphatic heterocycles. The van der Waals surface area contributed by atoms with Gasteiger partial charge in [-0.1, -0.05) is 0 Å². The van der Waals surface area contributed by atoms with Crippen LogP contribution < -0.4 is 4.90 Å². The number of piperazine rings is 1. The van der Waals surface area contributed by atoms with E-state index in [-0.39, 0.29) is 29.6 Å². The third-order valence-electron chi connectivity index (χ3n) is 6.43. The molecule has 5 rings (SSSR count). The highest BCUT2D eigenvalue weighted by molar-refractivity contribution is 5.79. The Balaban J connectivity index is 1.29. The number of hydrogen-bond acceptors (Lipinski definition) is 8. The predicted molar refractivity (Wildman–Crippen MR) is 128 cm³/mol. The first-order chi connectivity index (χ1) is 17.9. The zero-order valence-electron chi connectivity index (χ0n) is 19.9. The monoisotopic (exact) mass is 507 g/mol. The average molecular weight is 508 g/mol. The lowest BCUT2D eigenvalue weighted by Crippen LogP contribution is -2.52. The maximum Gasteiger partial charge on any atom is 0.341 e. The molecule has 0 unspecified atom stereocenters. The molecular weight excluding hydrogens is 484 g/mol. The summed E-state index contributed by atoms with van der Waals surface area (Å²) in [5.74, 6) is -0.877. The molecule has 190 valence electrons. The fourth-order valence-electron chi connectivity index (χ4n) is 4.58. The van der Waals surface area contributed by atoms with E-state index in [1.165, 1.54) is 11.1 Å². The van der Waals surface area contributed by atoms with Gasteiger partial charge < -0.3 is 14.9 Å². The SMILES string of the molecule is Cc1[nH]nc(CO)c1-c1nc(N2CCN(C(=O)N3N=CC[C@H]3c3cc(F)cc(C#N)c3)CC2)ncc1F. The van der Waals surface area contributed by atoms with Gasteiger partial charge in [-0.15, -0.1) is 0 Å². The molecule has 1 fully saturated rings. The number of nitrogens with one attached hydrogen (secondary N) is 1. The Labute approximate surface area is 210 Å². The Morgan fingerprint density at radius 2 is 2.03 bits per heavy atom. The lowest BCUT2D eigenvalue weighted by atomic mass is 10.0. The molecule has 2 aromatic heterocycles. The van der Waals surface area contributed by atoms with Crippen molar-refractivity contribution in [2.75, 3.05) is 31.1 Å². The number of H-pyrrole nitrogens is 1. The summed E-state index contributed by atoms with van der Waals surface area (Å²) in [6, 6.07) is 5.12. The summed E-state index contributed by atoms with van der Waals surface area (Å²) < 4.78 is 28.6. The van der Waals surface area contributed by atoms with Crippen LogP contribution in [0.2, 0.25) is 0 Å². The molecule has 2 aliphatic rings. The Morgan fingerprint density at radius 3 is 2.76 bits per heavy atom. The fraction of sp³-hybridized carbons (Fsp3) is 0.333. The van der Waals surface area contributed by atoms with E-state index in [1.54, 1.807) is 24.1 Å². The first-order valence-electron chi connectivity index (χ1n) is 11.6. The summed E-state index contributed by atoms with van der Waals surface area (Å²) in [7, 11) is 0. The molecule has 11 nitrogen and oxygen atoms in total. The summed E-state index contributed by atoms with van der Waals surface area (Å²) >= 11 is 0. The van der Waals surface area contributed by atoms with Gasteiger partial charge in [-0.25, -0.2) is 28.6 Å². The fourth-order valence-corrected chi connectivity index (χ4v) is 4.58. The number of aliphatic hydroxyl groups excluding tert-OH is 1. The molecule has 1 aromatic carbocycles. The van der Waals surface area contributed by atoms with Crippen LogP contribution in [0.25, 0.3) is 11.3 Å². The Bertz CT molecular complexity index is 1410. The Morgan fingerprint density at radius 1 is 1.24 bits per heavy atom. The van der Waals surface area contributed by atoms with Crippen LogP contribution >= 0.6 is 0 Å². The van der Waals surface area contributed by atoms with Crippen LogP contribution in [0, 0.1) is 29.9 Å². The third-order valence-corrected chi connectivity index (χ3v) is 6.43. The molecule has 0 radical (unpaired) electrons. The summed E-state index contributed by atoms with van der Waals surface area (Å²) in [4.78, 5) is 25.3. The number of hydrogen-bond donors (Lipinski definition) is 2. The molecule has 0 aliphatic carbocycles. The van der Waals surface area contributed by atoms with Crippen molar-refractivity contribution in [1.29, 1.82) is 5.26 Å². The minimum Gasteiger partial charge on any atom is -0.390 e. The summed E-state index contributed by atoms with van der Waals surface area (Å²) in [5, 5.41) is 31.0. The summed E-state index contributed by atoms with van der Waals surface area (Å²) in [6.45, 7) is 2.82. The number of nitriles is 1. The van der Waals surface area contributed by atoms with Crippen molar-refractivity contribution in [3.63, 3.8) is 0 Å². The molecular formula is C24H23F2N9O2. The number of aryl methyl sites for hydroxylation is 1. The molecule has 2 amide bonds. The van der Waals surface area contributed by atoms with Crippen LogP contribution in [0.15, 0.2) is 29.5 Å². The van der Waals surface area contributed by atoms with Gasteiger partial charge in [-0.2, -0.15) is 15.5 Å². The van der Waals surface area contributed by atoms with Crippen LogP contribution in [-0.2, 0) is 6.61 Å². The van der Waals surface area contributed by atoms with Crippen molar-refractivity contribution in [3.05, 3.63) is 58.5 Å². The van der Waals surface area contributed by atoms with Crippen LogP contribution in [0.3, 0.4) is 0 Å². The second kappa shape index (κ2) is 9.90. The van der Waals surface area contributed by atoms with Gasteiger partial charge in [-0.3, -0.25) is 5.10 Å². The van der Waals surface area contributed by atoms with Gasteiger partial charge in [0.15, 0.2) is 5.82 Å². The second-order valence-corrected chi connectivity index (χ2v) is 8.73. The summed E-state index contributed by atoms with van der Waals surface area (Å²) in [6.07, 6.45) is 3.10. The third kappa shape index (κ3) is 4.58. The zero-order valence-corrected chi connectivity index (χ0v) is 19.9. The number of aromatic amines is 1. The zero-order chi connectivity index (χ0) is 26.1. The van der Waals surface area contributed by atoms with E-state index < -0.39 is 17.7 Å². The molecule has 0 saturated carbocycles. The van der Waals surface area contributed by atoms with E-state index in [9.17, 15) is 18.7 Å². The largest absolute Gasteiger partial charge is 0.390 e. The number of amides is 2. The number of aliphatic hydroxyl groups is 1. The molecule has 13 heteroatoms. The van der Waals surface area contributed by atoms with E-state index in [0.29, 0.717) is 55.4 Å². The number of anilines is 1. The molecule has 0 spiro atoms. The minimum absolute atomic E-state index is 0.0416. The van der Waals surface area contributed by atoms with Crippen molar-refractivity contribution < 1.29 is 18.7 Å². The van der Waals surface area contributed by atoms with Gasteiger partial charge in [0.1, 0.15) is 11.5 Å². The molecule has 4 heterocycles. The van der Waals surface area contributed by atoms with Gasteiger partial charge in [0, 0.05) is 50.1 Å². The standard InChI is InChI=1S/C24H23F2N9O2/c1-14-21(19(13-36)32-31-14)22-18(26)12-28-23(30-22)33-4-6-34(7-5-33)24(37)35-20(2-3-29-35)16-8-15(11-27)9-17(25)10-16/h3,8-10,12,20,36H,2,4-7,13H2,1H3,(H,31,32)/t20-/m0/s1. The Hall–Kier alpha value is -4.44. The highest BCUT2D eigenvalue weighted by Crippen LogP contribution is 2.31. The number of urea groups is 1. The van der Waals surface area contributed by atoms with Gasteiger partial charge in [0.25, 0.3) is 0 Å². The average Bonchev–Trinajstić information content (AvgIpc) is 3.55. The van der Waals surface area contributed by atoms with E-state index in [1.807, 2.05) is 11.0 Å². The number of halogens is 2. The Kier molecular flexibility index (Phi) is 6.49. The molecule has 37 heavy (non-hydrogen) atoms. The quantitative estimate of drug-likeness (QED) is 0.553. The maximum atomic E-state index is 14.6. The number of carbonyl (C=O) groups is 1. The smallest absolute Gasteiger partial charge is 0.341 e. The van der Waals surface area contributed by atoms with E-state index in [2.05, 4.69) is 25.3 Å². The molecule has 3 aromatic rings. The van der Waals surface area contributed by atoms with Crippen LogP contribution in [0.1, 0.15) is 35.0 Å². The number of rotatable bonds is 4. The lowest BCUT2D eigenvalue weighted by molar-refractivity contribution is 0.139. The predicted octanol–water partition coefficient (Wildman–Crippen LogP) is 2.49. The first-order valence-corrected chi connectivity index (χ1v) is 11.6. The number of benzene rings is 1. The second-order valence-electron chi connectivity index (χ2n) is 8.73. The van der Waals surface area contributed by atoms with Crippen LogP contribution in [0.5, 0.6) is 0 Å². The number of hydrazone groups is 1. The van der Waals surface area contributed by atoms with Gasteiger partial charge in [0.2, 0.25) is 5.95 Å². The molecule has 0 bridgehead atoms. The highest BCUT2D eigenvalue weighted by atomic mass is 19.1. The van der Waals surface area contributed by atoms with E-state index >= 15 is 0 Å². The first kappa shape index (κ1) is 24.3. The van der Waals surface area contributed by atoms with E-state index in [0.717, 1.165) is 12.3 Å². The van der Waals surface area contributed by atoms with Crippen molar-refractivity contribution >= 4 is 18.2 Å². The van der Waals surface area contributed by atoms with Crippen molar-refractivity contribution in [2.45, 2.75) is 26.0 Å². The minimum atomic E-state index is -0.633.